The van der Waals surface area contributed by atoms with Gasteiger partial charge in [0, 0.05) is 7.05 Å². The van der Waals surface area contributed by atoms with Gasteiger partial charge >= 0.3 is 0 Å². The van der Waals surface area contributed by atoms with E-state index >= 15 is 0 Å². The summed E-state index contributed by atoms with van der Waals surface area (Å²) >= 11 is 0. The summed E-state index contributed by atoms with van der Waals surface area (Å²) in [6.07, 6.45) is 0. The molecule has 1 aromatic rings. The van der Waals surface area contributed by atoms with Crippen molar-refractivity contribution in [3.8, 4) is 6.07 Å². The number of nitrogens with zero attached hydrogens (tertiary/aromatic N) is 1. The molecule has 0 radical (unpaired) electrons. The molecule has 3 heteroatoms. The lowest BCUT2D eigenvalue weighted by atomic mass is 10.1. The van der Waals surface area contributed by atoms with Crippen molar-refractivity contribution in [2.75, 3.05) is 18.1 Å². The lowest BCUT2D eigenvalue weighted by molar-refractivity contribution is 1.40. The van der Waals surface area contributed by atoms with Crippen molar-refractivity contribution >= 4 is 11.4 Å². The van der Waals surface area contributed by atoms with Crippen molar-refractivity contribution in [2.24, 2.45) is 0 Å². The number of aryl methyl sites for hydroxylation is 1. The first kappa shape index (κ1) is 8.41. The van der Waals surface area contributed by atoms with Gasteiger partial charge in [0.25, 0.3) is 0 Å². The first-order valence-electron chi connectivity index (χ1n) is 3.67. The van der Waals surface area contributed by atoms with Gasteiger partial charge in [0.15, 0.2) is 0 Å². The lowest BCUT2D eigenvalue weighted by Gasteiger charge is -2.07. The van der Waals surface area contributed by atoms with E-state index in [9.17, 15) is 0 Å². The summed E-state index contributed by atoms with van der Waals surface area (Å²) < 4.78 is 0. The molecule has 0 saturated heterocycles. The highest BCUT2D eigenvalue weighted by Gasteiger charge is 2.02. The highest BCUT2D eigenvalue weighted by molar-refractivity contribution is 5.71. The van der Waals surface area contributed by atoms with E-state index in [0.29, 0.717) is 11.3 Å². The average molecular weight is 161 g/mol. The second-order valence-corrected chi connectivity index (χ2v) is 2.62. The van der Waals surface area contributed by atoms with E-state index in [1.54, 1.807) is 19.2 Å². The van der Waals surface area contributed by atoms with Crippen LogP contribution in [0, 0.1) is 18.3 Å². The van der Waals surface area contributed by atoms with Crippen LogP contribution in [-0.2, 0) is 0 Å². The zero-order valence-electron chi connectivity index (χ0n) is 7.18. The van der Waals surface area contributed by atoms with Crippen LogP contribution in [0.2, 0.25) is 0 Å². The van der Waals surface area contributed by atoms with Crippen molar-refractivity contribution in [2.45, 2.75) is 6.92 Å². The maximum absolute atomic E-state index is 8.65. The van der Waals surface area contributed by atoms with Gasteiger partial charge in [-0.2, -0.15) is 5.26 Å². The van der Waals surface area contributed by atoms with Crippen molar-refractivity contribution < 1.29 is 0 Å². The average Bonchev–Trinajstić information content (AvgIpc) is 2.09. The molecule has 0 aliphatic heterocycles. The highest BCUT2D eigenvalue weighted by Crippen LogP contribution is 2.23. The molecule has 0 fully saturated rings. The number of nitrogens with two attached hydrogens (primary N) is 1. The van der Waals surface area contributed by atoms with E-state index in [4.69, 9.17) is 11.0 Å². The molecule has 0 unspecified atom stereocenters. The summed E-state index contributed by atoms with van der Waals surface area (Å²) in [5.41, 5.74) is 8.82. The molecular formula is C9H11N3. The Morgan fingerprint density at radius 3 is 2.67 bits per heavy atom. The van der Waals surface area contributed by atoms with Crippen molar-refractivity contribution in [1.29, 1.82) is 5.26 Å². The van der Waals surface area contributed by atoms with E-state index in [-0.39, 0.29) is 0 Å². The minimum Gasteiger partial charge on any atom is -0.397 e. The summed E-state index contributed by atoms with van der Waals surface area (Å²) in [4.78, 5) is 0. The highest BCUT2D eigenvalue weighted by atomic mass is 14.8. The normalized spacial score (nSPS) is 9.08. The van der Waals surface area contributed by atoms with Gasteiger partial charge in [-0.05, 0) is 24.6 Å². The monoisotopic (exact) mass is 161 g/mol. The fraction of sp³-hybridized carbons (Fsp3) is 0.222. The third-order valence-electron chi connectivity index (χ3n) is 1.79. The van der Waals surface area contributed by atoms with E-state index in [1.807, 2.05) is 6.92 Å². The first-order chi connectivity index (χ1) is 5.69. The molecular weight excluding hydrogens is 150 g/mol. The van der Waals surface area contributed by atoms with E-state index in [2.05, 4.69) is 11.4 Å². The summed E-state index contributed by atoms with van der Waals surface area (Å²) in [6.45, 7) is 1.89. The standard InChI is InChI=1S/C9H11N3/c1-6-3-7(5-10)4-8(12-2)9(6)11/h3-4,12H,11H2,1-2H3. The number of hydrogen-bond donors (Lipinski definition) is 2. The molecule has 3 N–H and O–H groups in total. The zero-order valence-corrected chi connectivity index (χ0v) is 7.18. The largest absolute Gasteiger partial charge is 0.397 e. The van der Waals surface area contributed by atoms with Gasteiger partial charge in [-0.25, -0.2) is 0 Å². The lowest BCUT2D eigenvalue weighted by Crippen LogP contribution is -1.98. The maximum atomic E-state index is 8.65. The Morgan fingerprint density at radius 2 is 2.17 bits per heavy atom. The van der Waals surface area contributed by atoms with Crippen LogP contribution in [0.1, 0.15) is 11.1 Å². The molecule has 0 amide bonds. The van der Waals surface area contributed by atoms with Crippen LogP contribution in [0.3, 0.4) is 0 Å². The van der Waals surface area contributed by atoms with E-state index < -0.39 is 0 Å². The summed E-state index contributed by atoms with van der Waals surface area (Å²) in [6, 6.07) is 5.59. The number of rotatable bonds is 1. The van der Waals surface area contributed by atoms with Crippen molar-refractivity contribution in [3.05, 3.63) is 23.3 Å². The van der Waals surface area contributed by atoms with Crippen LogP contribution in [0.25, 0.3) is 0 Å². The van der Waals surface area contributed by atoms with Gasteiger partial charge < -0.3 is 11.1 Å². The van der Waals surface area contributed by atoms with Crippen LogP contribution >= 0.6 is 0 Å². The molecule has 0 heterocycles. The molecule has 1 rings (SSSR count). The SMILES string of the molecule is CNc1cc(C#N)cc(C)c1N. The minimum absolute atomic E-state index is 0.631. The fourth-order valence-corrected chi connectivity index (χ4v) is 1.07. The number of nitriles is 1. The van der Waals surface area contributed by atoms with E-state index in [1.165, 1.54) is 0 Å². The summed E-state index contributed by atoms with van der Waals surface area (Å²) in [7, 11) is 1.78. The Balaban J connectivity index is 3.31. The van der Waals surface area contributed by atoms with Gasteiger partial charge in [0.1, 0.15) is 0 Å². The van der Waals surface area contributed by atoms with E-state index in [0.717, 1.165) is 11.3 Å². The predicted molar refractivity (Wildman–Crippen MR) is 49.9 cm³/mol. The number of nitrogens with one attached hydrogen (secondary N) is 1. The Kier molecular flexibility index (Phi) is 2.20. The fourth-order valence-electron chi connectivity index (χ4n) is 1.07. The molecule has 0 aliphatic carbocycles. The van der Waals surface area contributed by atoms with Crippen LogP contribution in [-0.4, -0.2) is 7.05 Å². The number of hydrogen-bond acceptors (Lipinski definition) is 3. The van der Waals surface area contributed by atoms with Crippen LogP contribution in [0.4, 0.5) is 11.4 Å². The molecule has 12 heavy (non-hydrogen) atoms. The smallest absolute Gasteiger partial charge is 0.0992 e. The molecule has 1 aromatic carbocycles. The molecule has 0 atom stereocenters. The molecule has 0 spiro atoms. The summed E-state index contributed by atoms with van der Waals surface area (Å²) in [5.74, 6) is 0. The minimum atomic E-state index is 0.631. The molecule has 0 saturated carbocycles. The molecule has 62 valence electrons. The number of anilines is 2. The Labute approximate surface area is 71.8 Å². The molecule has 3 nitrogen and oxygen atoms in total. The van der Waals surface area contributed by atoms with Crippen molar-refractivity contribution in [3.63, 3.8) is 0 Å². The van der Waals surface area contributed by atoms with Crippen molar-refractivity contribution in [1.82, 2.24) is 0 Å². The maximum Gasteiger partial charge on any atom is 0.0992 e. The topological polar surface area (TPSA) is 61.8 Å². The van der Waals surface area contributed by atoms with Gasteiger partial charge in [-0.15, -0.1) is 0 Å². The van der Waals surface area contributed by atoms with Crippen LogP contribution in [0.5, 0.6) is 0 Å². The predicted octanol–water partition coefficient (Wildman–Crippen LogP) is 1.49. The zero-order chi connectivity index (χ0) is 9.14. The first-order valence-corrected chi connectivity index (χ1v) is 3.67. The number of nitrogen functional groups attached to an aromatic ring is 1. The molecule has 0 aromatic heterocycles. The van der Waals surface area contributed by atoms with Gasteiger partial charge in [0.05, 0.1) is 23.0 Å². The number of benzene rings is 1. The van der Waals surface area contributed by atoms with Gasteiger partial charge in [-0.1, -0.05) is 0 Å². The molecule has 0 bridgehead atoms. The van der Waals surface area contributed by atoms with Gasteiger partial charge in [-0.3, -0.25) is 0 Å². The van der Waals surface area contributed by atoms with Gasteiger partial charge in [0.2, 0.25) is 0 Å². The second-order valence-electron chi connectivity index (χ2n) is 2.62. The third-order valence-corrected chi connectivity index (χ3v) is 1.79. The summed E-state index contributed by atoms with van der Waals surface area (Å²) in [5, 5.41) is 11.6. The second kappa shape index (κ2) is 3.14. The quantitative estimate of drug-likeness (QED) is 0.613. The molecule has 0 aliphatic rings. The Morgan fingerprint density at radius 1 is 1.50 bits per heavy atom. The van der Waals surface area contributed by atoms with Crippen LogP contribution < -0.4 is 11.1 Å². The Bertz CT molecular complexity index is 336. The van der Waals surface area contributed by atoms with Crippen LogP contribution in [0.15, 0.2) is 12.1 Å². The Hall–Kier alpha value is -1.69. The third kappa shape index (κ3) is 1.32.